The first-order valence-corrected chi connectivity index (χ1v) is 6.53. The Bertz CT molecular complexity index is 170. The molecular formula is C14H27N. The molecule has 15 heavy (non-hydrogen) atoms. The predicted molar refractivity (Wildman–Crippen MR) is 68.9 cm³/mol. The Labute approximate surface area is 96.2 Å². The lowest BCUT2D eigenvalue weighted by Crippen LogP contribution is -2.25. The van der Waals surface area contributed by atoms with Crippen molar-refractivity contribution in [2.24, 2.45) is 0 Å². The third-order valence-corrected chi connectivity index (χ3v) is 2.41. The standard InChI is InChI=1S/C14H27N/c1-4-7-8-9-10-11-14-15(12-5-2)13-6-3/h4-9,12-14H2,1-3H3. The number of unbranched alkanes of at least 4 members (excludes halogenated alkanes) is 3. The normalized spacial score (nSPS) is 10.1. The first-order chi connectivity index (χ1) is 7.35. The second-order valence-corrected chi connectivity index (χ2v) is 4.09. The van der Waals surface area contributed by atoms with Crippen molar-refractivity contribution >= 4 is 0 Å². The Morgan fingerprint density at radius 3 is 2.00 bits per heavy atom. The van der Waals surface area contributed by atoms with Crippen molar-refractivity contribution in [3.63, 3.8) is 0 Å². The second-order valence-electron chi connectivity index (χ2n) is 4.09. The zero-order valence-corrected chi connectivity index (χ0v) is 10.8. The Morgan fingerprint density at radius 1 is 0.800 bits per heavy atom. The maximum absolute atomic E-state index is 3.29. The lowest BCUT2D eigenvalue weighted by Gasteiger charge is -2.17. The highest BCUT2D eigenvalue weighted by Crippen LogP contribution is 1.97. The zero-order valence-electron chi connectivity index (χ0n) is 10.8. The molecule has 0 aliphatic heterocycles. The molecule has 0 unspecified atom stereocenters. The average Bonchev–Trinajstić information content (AvgIpc) is 2.24. The van der Waals surface area contributed by atoms with E-state index in [4.69, 9.17) is 0 Å². The van der Waals surface area contributed by atoms with E-state index in [1.165, 1.54) is 45.2 Å². The molecule has 0 N–H and O–H groups in total. The van der Waals surface area contributed by atoms with E-state index in [9.17, 15) is 0 Å². The minimum Gasteiger partial charge on any atom is -0.292 e. The summed E-state index contributed by atoms with van der Waals surface area (Å²) in [6.45, 7) is 10.1. The Balaban J connectivity index is 3.57. The van der Waals surface area contributed by atoms with Gasteiger partial charge >= 0.3 is 0 Å². The Hall–Kier alpha value is -0.480. The molecule has 0 atom stereocenters. The fraction of sp³-hybridized carbons (Fsp3) is 0.857. The highest BCUT2D eigenvalue weighted by molar-refractivity contribution is 5.01. The van der Waals surface area contributed by atoms with E-state index in [2.05, 4.69) is 37.5 Å². The topological polar surface area (TPSA) is 3.24 Å². The molecule has 0 aliphatic rings. The Morgan fingerprint density at radius 2 is 1.47 bits per heavy atom. The van der Waals surface area contributed by atoms with Gasteiger partial charge in [0.1, 0.15) is 0 Å². The minimum absolute atomic E-state index is 0.966. The van der Waals surface area contributed by atoms with E-state index in [1.54, 1.807) is 0 Å². The van der Waals surface area contributed by atoms with E-state index in [1.807, 2.05) is 0 Å². The van der Waals surface area contributed by atoms with Crippen LogP contribution in [0.2, 0.25) is 0 Å². The lowest BCUT2D eigenvalue weighted by atomic mass is 10.2. The van der Waals surface area contributed by atoms with Crippen LogP contribution in [0.25, 0.3) is 0 Å². The molecule has 0 bridgehead atoms. The Kier molecular flexibility index (Phi) is 11.2. The molecule has 0 radical (unpaired) electrons. The molecule has 1 heteroatoms. The van der Waals surface area contributed by atoms with E-state index in [-0.39, 0.29) is 0 Å². The molecule has 0 saturated heterocycles. The number of rotatable bonds is 8. The van der Waals surface area contributed by atoms with Crippen LogP contribution in [0.15, 0.2) is 0 Å². The van der Waals surface area contributed by atoms with Crippen LogP contribution in [-0.2, 0) is 0 Å². The molecule has 0 aliphatic carbocycles. The van der Waals surface area contributed by atoms with E-state index < -0.39 is 0 Å². The van der Waals surface area contributed by atoms with Crippen LogP contribution in [-0.4, -0.2) is 24.5 Å². The van der Waals surface area contributed by atoms with Crippen LogP contribution < -0.4 is 0 Å². The molecule has 0 aromatic heterocycles. The van der Waals surface area contributed by atoms with Crippen molar-refractivity contribution in [2.45, 2.75) is 59.3 Å². The average molecular weight is 209 g/mol. The minimum atomic E-state index is 0.966. The van der Waals surface area contributed by atoms with Gasteiger partial charge in [-0.25, -0.2) is 0 Å². The maximum atomic E-state index is 3.29. The van der Waals surface area contributed by atoms with Gasteiger partial charge in [-0.15, -0.1) is 5.92 Å². The van der Waals surface area contributed by atoms with E-state index in [0.717, 1.165) is 13.0 Å². The summed E-state index contributed by atoms with van der Waals surface area (Å²) >= 11 is 0. The summed E-state index contributed by atoms with van der Waals surface area (Å²) in [6.07, 6.45) is 7.43. The van der Waals surface area contributed by atoms with Crippen molar-refractivity contribution in [1.82, 2.24) is 4.90 Å². The molecule has 0 rings (SSSR count). The van der Waals surface area contributed by atoms with Crippen molar-refractivity contribution in [2.75, 3.05) is 19.6 Å². The summed E-state index contributed by atoms with van der Waals surface area (Å²) in [6, 6.07) is 0. The van der Waals surface area contributed by atoms with Gasteiger partial charge < -0.3 is 0 Å². The summed E-state index contributed by atoms with van der Waals surface area (Å²) in [7, 11) is 0. The molecule has 0 spiro atoms. The van der Waals surface area contributed by atoms with Gasteiger partial charge in [-0.3, -0.25) is 4.90 Å². The van der Waals surface area contributed by atoms with Crippen molar-refractivity contribution in [3.05, 3.63) is 0 Å². The fourth-order valence-electron chi connectivity index (χ4n) is 1.62. The summed E-state index contributed by atoms with van der Waals surface area (Å²) in [4.78, 5) is 2.45. The van der Waals surface area contributed by atoms with Crippen LogP contribution >= 0.6 is 0 Å². The first-order valence-electron chi connectivity index (χ1n) is 6.53. The van der Waals surface area contributed by atoms with Gasteiger partial charge in [0.15, 0.2) is 0 Å². The van der Waals surface area contributed by atoms with Crippen LogP contribution in [0.5, 0.6) is 0 Å². The highest BCUT2D eigenvalue weighted by Gasteiger charge is 1.98. The molecule has 88 valence electrons. The van der Waals surface area contributed by atoms with Gasteiger partial charge in [-0.05, 0) is 32.4 Å². The van der Waals surface area contributed by atoms with Gasteiger partial charge in [-0.2, -0.15) is 0 Å². The fourth-order valence-corrected chi connectivity index (χ4v) is 1.62. The third kappa shape index (κ3) is 9.82. The maximum Gasteiger partial charge on any atom is 0.0601 e. The van der Waals surface area contributed by atoms with Crippen molar-refractivity contribution in [3.8, 4) is 11.8 Å². The molecule has 0 aromatic rings. The molecule has 0 aromatic carbocycles. The predicted octanol–water partition coefficient (Wildman–Crippen LogP) is 3.69. The molecular weight excluding hydrogens is 182 g/mol. The summed E-state index contributed by atoms with van der Waals surface area (Å²) in [5.41, 5.74) is 0. The largest absolute Gasteiger partial charge is 0.292 e. The highest BCUT2D eigenvalue weighted by atomic mass is 15.1. The molecule has 0 fully saturated rings. The van der Waals surface area contributed by atoms with Crippen LogP contribution in [0.1, 0.15) is 59.3 Å². The molecule has 0 heterocycles. The summed E-state index contributed by atoms with van der Waals surface area (Å²) in [5, 5.41) is 0. The molecule has 0 saturated carbocycles. The summed E-state index contributed by atoms with van der Waals surface area (Å²) in [5.74, 6) is 6.57. The van der Waals surface area contributed by atoms with Gasteiger partial charge in [0.05, 0.1) is 6.54 Å². The smallest absolute Gasteiger partial charge is 0.0601 e. The number of hydrogen-bond acceptors (Lipinski definition) is 1. The summed E-state index contributed by atoms with van der Waals surface area (Å²) < 4.78 is 0. The van der Waals surface area contributed by atoms with Gasteiger partial charge in [0.2, 0.25) is 0 Å². The number of hydrogen-bond donors (Lipinski definition) is 0. The van der Waals surface area contributed by atoms with Gasteiger partial charge in [0.25, 0.3) is 0 Å². The van der Waals surface area contributed by atoms with Crippen LogP contribution in [0.3, 0.4) is 0 Å². The van der Waals surface area contributed by atoms with E-state index in [0.29, 0.717) is 0 Å². The second kappa shape index (κ2) is 11.6. The SMILES string of the molecule is CCCCCC#CCN(CCC)CCC. The van der Waals surface area contributed by atoms with Crippen molar-refractivity contribution < 1.29 is 0 Å². The molecule has 0 amide bonds. The molecule has 1 nitrogen and oxygen atoms in total. The zero-order chi connectivity index (χ0) is 11.4. The third-order valence-electron chi connectivity index (χ3n) is 2.41. The van der Waals surface area contributed by atoms with Crippen molar-refractivity contribution in [1.29, 1.82) is 0 Å². The number of nitrogens with zero attached hydrogens (tertiary/aromatic N) is 1. The lowest BCUT2D eigenvalue weighted by molar-refractivity contribution is 0.308. The van der Waals surface area contributed by atoms with Crippen LogP contribution in [0, 0.1) is 11.8 Å². The van der Waals surface area contributed by atoms with Gasteiger partial charge in [0, 0.05) is 6.42 Å². The monoisotopic (exact) mass is 209 g/mol. The van der Waals surface area contributed by atoms with E-state index >= 15 is 0 Å². The quantitative estimate of drug-likeness (QED) is 0.435. The van der Waals surface area contributed by atoms with Gasteiger partial charge in [-0.1, -0.05) is 39.5 Å². The van der Waals surface area contributed by atoms with Crippen LogP contribution in [0.4, 0.5) is 0 Å². The first kappa shape index (κ1) is 14.5.